The maximum Gasteiger partial charge on any atom is 0.313 e. The van der Waals surface area contributed by atoms with Gasteiger partial charge in [0.1, 0.15) is 0 Å². The minimum atomic E-state index is -0.484. The van der Waals surface area contributed by atoms with E-state index < -0.39 is 6.10 Å². The van der Waals surface area contributed by atoms with Crippen LogP contribution >= 0.6 is 0 Å². The van der Waals surface area contributed by atoms with Gasteiger partial charge >= 0.3 is 5.97 Å². The number of hydrogen-bond acceptors (Lipinski definition) is 4. The maximum absolute atomic E-state index is 11.5. The van der Waals surface area contributed by atoms with Gasteiger partial charge in [0.15, 0.2) is 0 Å². The normalized spacial score (nSPS) is 33.7. The zero-order valence-corrected chi connectivity index (χ0v) is 8.55. The topological polar surface area (TPSA) is 55.8 Å². The summed E-state index contributed by atoms with van der Waals surface area (Å²) < 4.78 is 9.83. The monoisotopic (exact) mass is 210 g/mol. The highest BCUT2D eigenvalue weighted by Gasteiger charge is 2.38. The summed E-state index contributed by atoms with van der Waals surface area (Å²) in [4.78, 5) is 11.5. The van der Waals surface area contributed by atoms with Crippen LogP contribution in [0.5, 0.6) is 0 Å². The van der Waals surface area contributed by atoms with Gasteiger partial charge in [-0.15, -0.1) is 0 Å². The van der Waals surface area contributed by atoms with Crippen LogP contribution in [0.1, 0.15) is 12.8 Å². The second kappa shape index (κ2) is 4.06. The lowest BCUT2D eigenvalue weighted by atomic mass is 9.88. The van der Waals surface area contributed by atoms with Gasteiger partial charge in [0.2, 0.25) is 0 Å². The number of hydrogen-bond donors (Lipinski definition) is 1. The van der Waals surface area contributed by atoms with Crippen LogP contribution in [-0.4, -0.2) is 24.3 Å². The lowest BCUT2D eigenvalue weighted by molar-refractivity contribution is -0.144. The molecule has 15 heavy (non-hydrogen) atoms. The van der Waals surface area contributed by atoms with E-state index in [1.807, 2.05) is 0 Å². The highest BCUT2D eigenvalue weighted by atomic mass is 16.5. The van der Waals surface area contributed by atoms with Gasteiger partial charge in [0.05, 0.1) is 31.7 Å². The summed E-state index contributed by atoms with van der Waals surface area (Å²) in [6, 6.07) is 0. The van der Waals surface area contributed by atoms with E-state index in [0.29, 0.717) is 6.42 Å². The van der Waals surface area contributed by atoms with Crippen molar-refractivity contribution >= 4 is 5.97 Å². The molecule has 0 aromatic rings. The summed E-state index contributed by atoms with van der Waals surface area (Å²) in [5.74, 6) is -0.589. The average Bonchev–Trinajstić information content (AvgIpc) is 2.51. The highest BCUT2D eigenvalue weighted by molar-refractivity contribution is 5.75. The van der Waals surface area contributed by atoms with Crippen molar-refractivity contribution in [3.8, 4) is 0 Å². The molecule has 0 saturated heterocycles. The van der Waals surface area contributed by atoms with Crippen molar-refractivity contribution in [1.29, 1.82) is 0 Å². The molecule has 1 fully saturated rings. The third kappa shape index (κ3) is 1.77. The second-order valence-electron chi connectivity index (χ2n) is 3.83. The molecule has 82 valence electrons. The molecule has 0 spiro atoms. The first kappa shape index (κ1) is 10.2. The van der Waals surface area contributed by atoms with Crippen LogP contribution in [0.3, 0.4) is 0 Å². The van der Waals surface area contributed by atoms with Crippen LogP contribution in [0.25, 0.3) is 0 Å². The Kier molecular flexibility index (Phi) is 2.77. The van der Waals surface area contributed by atoms with Gasteiger partial charge in [-0.25, -0.2) is 0 Å². The zero-order chi connectivity index (χ0) is 10.8. The molecular formula is C11H14O4. The molecule has 0 bridgehead atoms. The van der Waals surface area contributed by atoms with Gasteiger partial charge < -0.3 is 14.6 Å². The van der Waals surface area contributed by atoms with E-state index in [4.69, 9.17) is 9.47 Å². The summed E-state index contributed by atoms with van der Waals surface area (Å²) in [5, 5.41) is 9.69. The summed E-state index contributed by atoms with van der Waals surface area (Å²) in [5.41, 5.74) is 0.801. The predicted molar refractivity (Wildman–Crippen MR) is 52.5 cm³/mol. The molecule has 2 aliphatic rings. The molecule has 0 aromatic carbocycles. The van der Waals surface area contributed by atoms with E-state index in [2.05, 4.69) is 0 Å². The van der Waals surface area contributed by atoms with Crippen molar-refractivity contribution in [3.05, 3.63) is 24.2 Å². The Morgan fingerprint density at radius 3 is 3.13 bits per heavy atom. The average molecular weight is 210 g/mol. The Morgan fingerprint density at radius 1 is 1.60 bits per heavy atom. The standard InChI is InChI=1S/C11H14O4/c1-14-11(13)8-4-5-15-6-9-7(8)2-3-10(9)12/h4-8,10,12H,2-3H2,1H3/t7-,8+,10-/m0/s1. The van der Waals surface area contributed by atoms with E-state index in [1.54, 1.807) is 12.3 Å². The molecule has 0 unspecified atom stereocenters. The van der Waals surface area contributed by atoms with Gasteiger partial charge in [0, 0.05) is 5.92 Å². The van der Waals surface area contributed by atoms with E-state index in [0.717, 1.165) is 12.0 Å². The molecule has 4 nitrogen and oxygen atoms in total. The van der Waals surface area contributed by atoms with Gasteiger partial charge in [-0.1, -0.05) is 0 Å². The zero-order valence-electron chi connectivity index (χ0n) is 8.55. The number of methoxy groups -OCH3 is 1. The minimum absolute atomic E-state index is 0.0196. The number of rotatable bonds is 1. The lowest BCUT2D eigenvalue weighted by Crippen LogP contribution is -2.23. The summed E-state index contributed by atoms with van der Waals surface area (Å²) >= 11 is 0. The summed E-state index contributed by atoms with van der Waals surface area (Å²) in [6.45, 7) is 0. The van der Waals surface area contributed by atoms with Gasteiger partial charge in [0.25, 0.3) is 0 Å². The van der Waals surface area contributed by atoms with Crippen molar-refractivity contribution < 1.29 is 19.4 Å². The van der Waals surface area contributed by atoms with Crippen molar-refractivity contribution in [2.45, 2.75) is 18.9 Å². The van der Waals surface area contributed by atoms with Crippen molar-refractivity contribution in [2.75, 3.05) is 7.11 Å². The van der Waals surface area contributed by atoms with Gasteiger partial charge in [-0.05, 0) is 24.5 Å². The third-order valence-electron chi connectivity index (χ3n) is 3.04. The van der Waals surface area contributed by atoms with Crippen molar-refractivity contribution in [2.24, 2.45) is 11.8 Å². The Hall–Kier alpha value is -1.29. The van der Waals surface area contributed by atoms with Crippen LogP contribution in [0.2, 0.25) is 0 Å². The Bertz CT molecular complexity index is 319. The largest absolute Gasteiger partial charge is 0.473 e. The van der Waals surface area contributed by atoms with E-state index in [9.17, 15) is 9.90 Å². The highest BCUT2D eigenvalue weighted by Crippen LogP contribution is 2.39. The third-order valence-corrected chi connectivity index (χ3v) is 3.04. The fourth-order valence-corrected chi connectivity index (χ4v) is 2.23. The first-order chi connectivity index (χ1) is 7.24. The first-order valence-electron chi connectivity index (χ1n) is 5.02. The van der Waals surface area contributed by atoms with E-state index >= 15 is 0 Å². The van der Waals surface area contributed by atoms with Crippen LogP contribution in [0.4, 0.5) is 0 Å². The molecule has 1 aliphatic carbocycles. The summed E-state index contributed by atoms with van der Waals surface area (Å²) in [7, 11) is 1.37. The van der Waals surface area contributed by atoms with E-state index in [1.165, 1.54) is 13.4 Å². The van der Waals surface area contributed by atoms with E-state index in [-0.39, 0.29) is 17.8 Å². The van der Waals surface area contributed by atoms with Gasteiger partial charge in [-0.2, -0.15) is 0 Å². The van der Waals surface area contributed by atoms with Crippen LogP contribution in [-0.2, 0) is 14.3 Å². The summed E-state index contributed by atoms with van der Waals surface area (Å²) in [6.07, 6.45) is 5.70. The van der Waals surface area contributed by atoms with Crippen LogP contribution in [0.15, 0.2) is 24.2 Å². The molecule has 0 radical (unpaired) electrons. The van der Waals surface area contributed by atoms with Crippen LogP contribution < -0.4 is 0 Å². The Labute approximate surface area is 88.2 Å². The first-order valence-corrected chi connectivity index (χ1v) is 5.02. The Morgan fingerprint density at radius 2 is 2.40 bits per heavy atom. The SMILES string of the molecule is COC(=O)[C@@H]1C=COC=C2[C@H]1CC[C@@H]2O. The Balaban J connectivity index is 2.25. The molecular weight excluding hydrogens is 196 g/mol. The molecule has 0 amide bonds. The number of aliphatic hydroxyl groups excluding tert-OH is 1. The molecule has 3 atom stereocenters. The fourth-order valence-electron chi connectivity index (χ4n) is 2.23. The molecule has 1 heterocycles. The number of aliphatic hydroxyl groups is 1. The number of carbonyl (C=O) groups is 1. The smallest absolute Gasteiger partial charge is 0.313 e. The fraction of sp³-hybridized carbons (Fsp3) is 0.545. The maximum atomic E-state index is 11.5. The number of fused-ring (bicyclic) bond motifs is 1. The molecule has 1 saturated carbocycles. The predicted octanol–water partition coefficient (Wildman–Crippen LogP) is 0.974. The van der Waals surface area contributed by atoms with Crippen LogP contribution in [0, 0.1) is 11.8 Å². The number of carbonyl (C=O) groups excluding carboxylic acids is 1. The number of esters is 1. The molecule has 4 heteroatoms. The molecule has 1 aliphatic heterocycles. The number of ether oxygens (including phenoxy) is 2. The molecule has 1 N–H and O–H groups in total. The lowest BCUT2D eigenvalue weighted by Gasteiger charge is -2.17. The van der Waals surface area contributed by atoms with Crippen molar-refractivity contribution in [3.63, 3.8) is 0 Å². The van der Waals surface area contributed by atoms with Gasteiger partial charge in [-0.3, -0.25) is 4.79 Å². The van der Waals surface area contributed by atoms with Crippen molar-refractivity contribution in [1.82, 2.24) is 0 Å². The molecule has 2 rings (SSSR count). The molecule has 0 aromatic heterocycles. The quantitative estimate of drug-likeness (QED) is 0.655. The second-order valence-corrected chi connectivity index (χ2v) is 3.83. The minimum Gasteiger partial charge on any atom is -0.473 e.